The minimum atomic E-state index is -3.83. The van der Waals surface area contributed by atoms with Crippen LogP contribution in [0.4, 0.5) is 5.69 Å². The van der Waals surface area contributed by atoms with Gasteiger partial charge in [0.05, 0.1) is 30.3 Å². The monoisotopic (exact) mass is 339 g/mol. The molecule has 9 heteroatoms. The predicted octanol–water partition coefficient (Wildman–Crippen LogP) is 0.881. The van der Waals surface area contributed by atoms with E-state index >= 15 is 0 Å². The number of hydrogen-bond donors (Lipinski definition) is 1. The number of aryl methyl sites for hydroxylation is 1. The summed E-state index contributed by atoms with van der Waals surface area (Å²) < 4.78 is 33.0. The second kappa shape index (κ2) is 6.29. The third-order valence-corrected chi connectivity index (χ3v) is 5.09. The minimum absolute atomic E-state index is 0.0131. The zero-order valence-corrected chi connectivity index (χ0v) is 13.7. The minimum Gasteiger partial charge on any atom is -0.496 e. The van der Waals surface area contributed by atoms with E-state index in [2.05, 4.69) is 5.10 Å². The first kappa shape index (κ1) is 16.8. The molecular formula is C14H17N3O5S. The number of rotatable bonds is 6. The zero-order chi connectivity index (χ0) is 17.2. The van der Waals surface area contributed by atoms with E-state index in [9.17, 15) is 13.2 Å². The Hall–Kier alpha value is -2.55. The number of ether oxygens (including phenoxy) is 1. The molecule has 0 bridgehead atoms. The average molecular weight is 339 g/mol. The SMILES string of the molecule is COc1ccc(S(=O)(=O)N(C)c2cnn(C)c2)cc1CC(=O)O. The van der Waals surface area contributed by atoms with Gasteiger partial charge in [-0.15, -0.1) is 0 Å². The number of sulfonamides is 1. The van der Waals surface area contributed by atoms with E-state index in [-0.39, 0.29) is 11.3 Å². The van der Waals surface area contributed by atoms with Gasteiger partial charge >= 0.3 is 5.97 Å². The Morgan fingerprint density at radius 1 is 1.43 bits per heavy atom. The van der Waals surface area contributed by atoms with Crippen LogP contribution in [0.25, 0.3) is 0 Å². The molecule has 0 spiro atoms. The molecule has 124 valence electrons. The molecule has 0 fully saturated rings. The molecule has 1 heterocycles. The number of aliphatic carboxylic acids is 1. The Morgan fingerprint density at radius 3 is 2.65 bits per heavy atom. The maximum atomic E-state index is 12.7. The highest BCUT2D eigenvalue weighted by Crippen LogP contribution is 2.26. The topological polar surface area (TPSA) is 102 Å². The fourth-order valence-electron chi connectivity index (χ4n) is 2.08. The van der Waals surface area contributed by atoms with Crippen molar-refractivity contribution < 1.29 is 23.1 Å². The van der Waals surface area contributed by atoms with Crippen molar-refractivity contribution in [2.75, 3.05) is 18.5 Å². The van der Waals surface area contributed by atoms with E-state index in [1.165, 1.54) is 43.2 Å². The van der Waals surface area contributed by atoms with Gasteiger partial charge in [-0.1, -0.05) is 0 Å². The van der Waals surface area contributed by atoms with Gasteiger partial charge in [0.2, 0.25) is 0 Å². The molecule has 8 nitrogen and oxygen atoms in total. The van der Waals surface area contributed by atoms with Crippen molar-refractivity contribution in [3.8, 4) is 5.75 Å². The van der Waals surface area contributed by atoms with Gasteiger partial charge in [0.15, 0.2) is 0 Å². The zero-order valence-electron chi connectivity index (χ0n) is 12.9. The predicted molar refractivity (Wildman–Crippen MR) is 83.1 cm³/mol. The van der Waals surface area contributed by atoms with Crippen molar-refractivity contribution in [1.82, 2.24) is 9.78 Å². The Kier molecular flexibility index (Phi) is 4.60. The van der Waals surface area contributed by atoms with Gasteiger partial charge in [-0.2, -0.15) is 5.10 Å². The first-order valence-electron chi connectivity index (χ1n) is 6.62. The van der Waals surface area contributed by atoms with E-state index in [1.807, 2.05) is 0 Å². The molecule has 1 aromatic carbocycles. The summed E-state index contributed by atoms with van der Waals surface area (Å²) in [7, 11) is 0.662. The smallest absolute Gasteiger partial charge is 0.307 e. The number of nitrogens with zero attached hydrogens (tertiary/aromatic N) is 3. The number of carbonyl (C=O) groups is 1. The van der Waals surface area contributed by atoms with Gasteiger partial charge in [-0.25, -0.2) is 8.42 Å². The number of aromatic nitrogens is 2. The van der Waals surface area contributed by atoms with Crippen LogP contribution in [0.2, 0.25) is 0 Å². The van der Waals surface area contributed by atoms with Gasteiger partial charge in [0.1, 0.15) is 5.75 Å². The Bertz CT molecular complexity index is 829. The maximum absolute atomic E-state index is 12.7. The molecule has 0 aliphatic rings. The summed E-state index contributed by atoms with van der Waals surface area (Å²) in [5.41, 5.74) is 0.698. The molecule has 2 rings (SSSR count). The molecule has 1 N–H and O–H groups in total. The molecule has 0 aliphatic carbocycles. The standard InChI is InChI=1S/C14H17N3O5S/c1-16-9-11(8-15-16)17(2)23(20,21)12-4-5-13(22-3)10(6-12)7-14(18)19/h4-6,8-9H,7H2,1-3H3,(H,18,19). The summed E-state index contributed by atoms with van der Waals surface area (Å²) in [5.74, 6) is -0.742. The second-order valence-corrected chi connectivity index (χ2v) is 6.86. The summed E-state index contributed by atoms with van der Waals surface area (Å²) in [5, 5.41) is 12.9. The molecule has 0 aliphatic heterocycles. The fraction of sp³-hybridized carbons (Fsp3) is 0.286. The molecule has 0 saturated carbocycles. The lowest BCUT2D eigenvalue weighted by atomic mass is 10.1. The third-order valence-electron chi connectivity index (χ3n) is 3.31. The van der Waals surface area contributed by atoms with Gasteiger partial charge in [-0.3, -0.25) is 13.8 Å². The van der Waals surface area contributed by atoms with Crippen molar-refractivity contribution in [2.24, 2.45) is 7.05 Å². The number of carboxylic acids is 1. The van der Waals surface area contributed by atoms with Gasteiger partial charge in [0.25, 0.3) is 10.0 Å². The lowest BCUT2D eigenvalue weighted by Gasteiger charge is -2.18. The van der Waals surface area contributed by atoms with Crippen LogP contribution in [0.1, 0.15) is 5.56 Å². The molecular weight excluding hydrogens is 322 g/mol. The van der Waals surface area contributed by atoms with Crippen LogP contribution in [-0.2, 0) is 28.3 Å². The normalized spacial score (nSPS) is 11.3. The molecule has 1 aromatic heterocycles. The number of anilines is 1. The number of carboxylic acid groups (broad SMARTS) is 1. The van der Waals surface area contributed by atoms with Crippen LogP contribution in [-0.4, -0.2) is 43.4 Å². The van der Waals surface area contributed by atoms with E-state index in [1.54, 1.807) is 13.2 Å². The Morgan fingerprint density at radius 2 is 2.13 bits per heavy atom. The average Bonchev–Trinajstić information content (AvgIpc) is 2.92. The Labute approximate surface area is 134 Å². The van der Waals surface area contributed by atoms with Crippen molar-refractivity contribution >= 4 is 21.7 Å². The van der Waals surface area contributed by atoms with Crippen LogP contribution >= 0.6 is 0 Å². The first-order valence-corrected chi connectivity index (χ1v) is 8.06. The van der Waals surface area contributed by atoms with E-state index in [4.69, 9.17) is 9.84 Å². The van der Waals surface area contributed by atoms with Gasteiger partial charge in [-0.05, 0) is 18.2 Å². The van der Waals surface area contributed by atoms with Crippen molar-refractivity contribution in [1.29, 1.82) is 0 Å². The number of benzene rings is 1. The number of hydrogen-bond acceptors (Lipinski definition) is 5. The highest BCUT2D eigenvalue weighted by molar-refractivity contribution is 7.92. The molecule has 0 atom stereocenters. The summed E-state index contributed by atoms with van der Waals surface area (Å²) >= 11 is 0. The summed E-state index contributed by atoms with van der Waals surface area (Å²) in [4.78, 5) is 10.9. The maximum Gasteiger partial charge on any atom is 0.307 e. The molecule has 0 amide bonds. The highest BCUT2D eigenvalue weighted by Gasteiger charge is 2.24. The summed E-state index contributed by atoms with van der Waals surface area (Å²) in [6.07, 6.45) is 2.67. The fourth-order valence-corrected chi connectivity index (χ4v) is 3.30. The van der Waals surface area contributed by atoms with Crippen LogP contribution in [0.3, 0.4) is 0 Å². The lowest BCUT2D eigenvalue weighted by molar-refractivity contribution is -0.136. The lowest BCUT2D eigenvalue weighted by Crippen LogP contribution is -2.26. The first-order chi connectivity index (χ1) is 10.8. The van der Waals surface area contributed by atoms with Crippen LogP contribution in [0, 0.1) is 0 Å². The van der Waals surface area contributed by atoms with Crippen molar-refractivity contribution in [3.63, 3.8) is 0 Å². The van der Waals surface area contributed by atoms with Gasteiger partial charge < -0.3 is 9.84 Å². The van der Waals surface area contributed by atoms with E-state index in [0.29, 0.717) is 17.0 Å². The molecule has 0 saturated heterocycles. The van der Waals surface area contributed by atoms with Crippen molar-refractivity contribution in [3.05, 3.63) is 36.2 Å². The molecule has 23 heavy (non-hydrogen) atoms. The number of methoxy groups -OCH3 is 1. The van der Waals surface area contributed by atoms with Gasteiger partial charge in [0, 0.05) is 25.9 Å². The molecule has 2 aromatic rings. The van der Waals surface area contributed by atoms with Crippen LogP contribution in [0.5, 0.6) is 5.75 Å². The highest BCUT2D eigenvalue weighted by atomic mass is 32.2. The Balaban J connectivity index is 2.45. The summed E-state index contributed by atoms with van der Waals surface area (Å²) in [6.45, 7) is 0. The van der Waals surface area contributed by atoms with E-state index < -0.39 is 16.0 Å². The summed E-state index contributed by atoms with van der Waals surface area (Å²) in [6, 6.07) is 4.14. The van der Waals surface area contributed by atoms with Crippen LogP contribution < -0.4 is 9.04 Å². The third kappa shape index (κ3) is 3.45. The van der Waals surface area contributed by atoms with E-state index in [0.717, 1.165) is 4.31 Å². The second-order valence-electron chi connectivity index (χ2n) is 4.89. The quantitative estimate of drug-likeness (QED) is 0.838. The molecule has 0 unspecified atom stereocenters. The largest absolute Gasteiger partial charge is 0.496 e. The molecule has 0 radical (unpaired) electrons. The van der Waals surface area contributed by atoms with Crippen LogP contribution in [0.15, 0.2) is 35.5 Å². The van der Waals surface area contributed by atoms with Crippen molar-refractivity contribution in [2.45, 2.75) is 11.3 Å².